The fourth-order valence-electron chi connectivity index (χ4n) is 2.15. The third-order valence-electron chi connectivity index (χ3n) is 3.70. The molecule has 2 atom stereocenters. The molecule has 21 heavy (non-hydrogen) atoms. The minimum absolute atomic E-state index is 0. The predicted molar refractivity (Wildman–Crippen MR) is 74.3 cm³/mol. The Morgan fingerprint density at radius 3 is 2.62 bits per heavy atom. The number of aromatic nitrogens is 2. The van der Waals surface area contributed by atoms with Gasteiger partial charge in [-0.2, -0.15) is 0 Å². The standard InChI is InChI=1S/C14H24N4O.2BrH/c1-4-16-7-8-17(13-16)14(3)19-11-10-18(5-2)9-6-15-12-18;;/h6-9,12-14H,4-5,10-11H2,1-3H3;2*1H/q+2;;/p-2. The molecule has 0 N–H and O–H groups in total. The summed E-state index contributed by atoms with van der Waals surface area (Å²) in [6, 6.07) is 0. The zero-order valence-electron chi connectivity index (χ0n) is 12.8. The van der Waals surface area contributed by atoms with Crippen LogP contribution in [0.1, 0.15) is 27.0 Å². The van der Waals surface area contributed by atoms with Crippen LogP contribution in [0.4, 0.5) is 0 Å². The molecule has 120 valence electrons. The number of likely N-dealkylation sites (N-methyl/N-ethyl adjacent to an activating group) is 1. The lowest BCUT2D eigenvalue weighted by molar-refractivity contribution is -0.778. The third kappa shape index (κ3) is 5.32. The summed E-state index contributed by atoms with van der Waals surface area (Å²) in [6.07, 6.45) is 12.2. The molecule has 0 amide bonds. The highest BCUT2D eigenvalue weighted by Gasteiger charge is 2.24. The zero-order valence-corrected chi connectivity index (χ0v) is 16.0. The lowest BCUT2D eigenvalue weighted by Gasteiger charge is -2.25. The lowest BCUT2D eigenvalue weighted by Crippen LogP contribution is -3.00. The first-order valence-corrected chi connectivity index (χ1v) is 6.96. The normalized spacial score (nSPS) is 20.9. The van der Waals surface area contributed by atoms with Crippen LogP contribution in [0.25, 0.3) is 0 Å². The summed E-state index contributed by atoms with van der Waals surface area (Å²) in [5.41, 5.74) is 0. The molecule has 0 aromatic carbocycles. The van der Waals surface area contributed by atoms with Crippen LogP contribution in [0.5, 0.6) is 0 Å². The Morgan fingerprint density at radius 2 is 2.10 bits per heavy atom. The van der Waals surface area contributed by atoms with Gasteiger partial charge >= 0.3 is 0 Å². The molecule has 7 heteroatoms. The largest absolute Gasteiger partial charge is 1.00 e. The molecule has 0 saturated carbocycles. The van der Waals surface area contributed by atoms with E-state index in [1.54, 1.807) is 0 Å². The van der Waals surface area contributed by atoms with Gasteiger partial charge in [-0.15, -0.1) is 0 Å². The molecular weight excluding hydrogens is 400 g/mol. The second-order valence-electron chi connectivity index (χ2n) is 4.87. The number of rotatable bonds is 7. The Morgan fingerprint density at radius 1 is 1.33 bits per heavy atom. The number of imidazole rings is 1. The topological polar surface area (TPSA) is 30.4 Å². The van der Waals surface area contributed by atoms with E-state index in [0.29, 0.717) is 0 Å². The van der Waals surface area contributed by atoms with Gasteiger partial charge in [-0.3, -0.25) is 4.48 Å². The molecule has 1 aromatic rings. The number of aliphatic imine (C=N–C) groups is 1. The highest BCUT2D eigenvalue weighted by atomic mass is 79.9. The lowest BCUT2D eigenvalue weighted by atomic mass is 10.4. The van der Waals surface area contributed by atoms with Crippen molar-refractivity contribution in [3.8, 4) is 0 Å². The molecule has 2 heterocycles. The van der Waals surface area contributed by atoms with Crippen LogP contribution in [0, 0.1) is 0 Å². The summed E-state index contributed by atoms with van der Waals surface area (Å²) in [5, 5.41) is 0. The molecule has 5 nitrogen and oxygen atoms in total. The van der Waals surface area contributed by atoms with Gasteiger partial charge in [0.25, 0.3) is 0 Å². The fourth-order valence-corrected chi connectivity index (χ4v) is 2.15. The van der Waals surface area contributed by atoms with E-state index in [2.05, 4.69) is 59.8 Å². The number of quaternary nitrogens is 1. The van der Waals surface area contributed by atoms with Gasteiger partial charge in [-0.25, -0.2) is 14.1 Å². The van der Waals surface area contributed by atoms with E-state index in [1.165, 1.54) is 0 Å². The van der Waals surface area contributed by atoms with E-state index < -0.39 is 0 Å². The number of hydrogen-bond acceptors (Lipinski definition) is 2. The van der Waals surface area contributed by atoms with Crippen molar-refractivity contribution in [3.63, 3.8) is 0 Å². The predicted octanol–water partition coefficient (Wildman–Crippen LogP) is -4.31. The summed E-state index contributed by atoms with van der Waals surface area (Å²) in [5.74, 6) is 0. The van der Waals surface area contributed by atoms with Crippen molar-refractivity contribution in [1.82, 2.24) is 4.57 Å². The van der Waals surface area contributed by atoms with E-state index in [-0.39, 0.29) is 40.2 Å². The van der Waals surface area contributed by atoms with Gasteiger partial charge in [0.2, 0.25) is 6.33 Å². The van der Waals surface area contributed by atoms with Crippen LogP contribution in [0.2, 0.25) is 0 Å². The van der Waals surface area contributed by atoms with E-state index in [1.807, 2.05) is 12.5 Å². The summed E-state index contributed by atoms with van der Waals surface area (Å²) >= 11 is 0. The summed E-state index contributed by atoms with van der Waals surface area (Å²) < 4.78 is 10.9. The van der Waals surface area contributed by atoms with Crippen LogP contribution in [-0.4, -0.2) is 35.1 Å². The zero-order chi connectivity index (χ0) is 13.7. The SMILES string of the molecule is CC[n+]1ccn(C(C)OCC[N+]2(CC)C=CN=C2)c1.[Br-].[Br-]. The maximum absolute atomic E-state index is 5.91. The van der Waals surface area contributed by atoms with Crippen LogP contribution < -0.4 is 38.5 Å². The Kier molecular flexibility index (Phi) is 9.28. The minimum atomic E-state index is 0. The highest BCUT2D eigenvalue weighted by Crippen LogP contribution is 2.12. The summed E-state index contributed by atoms with van der Waals surface area (Å²) in [7, 11) is 0. The highest BCUT2D eigenvalue weighted by molar-refractivity contribution is 5.50. The van der Waals surface area contributed by atoms with Crippen molar-refractivity contribution in [2.24, 2.45) is 4.99 Å². The van der Waals surface area contributed by atoms with Crippen molar-refractivity contribution in [1.29, 1.82) is 0 Å². The number of halogens is 2. The molecule has 0 radical (unpaired) electrons. The van der Waals surface area contributed by atoms with Crippen molar-refractivity contribution >= 4 is 6.34 Å². The van der Waals surface area contributed by atoms with Crippen LogP contribution >= 0.6 is 0 Å². The molecule has 0 bridgehead atoms. The quantitative estimate of drug-likeness (QED) is 0.322. The average Bonchev–Trinajstić information content (AvgIpc) is 3.08. The van der Waals surface area contributed by atoms with Crippen molar-refractivity contribution in [2.45, 2.75) is 33.5 Å². The number of aryl methyl sites for hydroxylation is 1. The Labute approximate surface area is 148 Å². The van der Waals surface area contributed by atoms with Crippen molar-refractivity contribution in [3.05, 3.63) is 31.1 Å². The number of nitrogens with zero attached hydrogens (tertiary/aromatic N) is 4. The average molecular weight is 424 g/mol. The first-order valence-electron chi connectivity index (χ1n) is 6.96. The van der Waals surface area contributed by atoms with E-state index >= 15 is 0 Å². The summed E-state index contributed by atoms with van der Waals surface area (Å²) in [6.45, 7) is 10.0. The Hall–Kier alpha value is -0.500. The van der Waals surface area contributed by atoms with E-state index in [9.17, 15) is 0 Å². The molecule has 0 fully saturated rings. The molecule has 2 rings (SSSR count). The molecule has 1 aromatic heterocycles. The van der Waals surface area contributed by atoms with Crippen molar-refractivity contribution < 1.29 is 47.7 Å². The maximum atomic E-state index is 5.91. The van der Waals surface area contributed by atoms with Crippen molar-refractivity contribution in [2.75, 3.05) is 19.7 Å². The maximum Gasteiger partial charge on any atom is 0.245 e. The first kappa shape index (κ1) is 20.5. The molecule has 1 aliphatic heterocycles. The van der Waals surface area contributed by atoms with Gasteiger partial charge in [-0.05, 0) is 13.8 Å². The van der Waals surface area contributed by atoms with E-state index in [0.717, 1.165) is 30.7 Å². The molecule has 1 aliphatic rings. The second kappa shape index (κ2) is 9.50. The molecule has 2 unspecified atom stereocenters. The molecule has 0 aliphatic carbocycles. The number of hydrogen-bond donors (Lipinski definition) is 0. The van der Waals surface area contributed by atoms with Gasteiger partial charge in [0.15, 0.2) is 12.6 Å². The van der Waals surface area contributed by atoms with Gasteiger partial charge < -0.3 is 38.7 Å². The van der Waals surface area contributed by atoms with Gasteiger partial charge in [0, 0.05) is 6.92 Å². The van der Waals surface area contributed by atoms with Crippen LogP contribution in [0.3, 0.4) is 0 Å². The Balaban J connectivity index is 0.00000200. The van der Waals surface area contributed by atoms with Gasteiger partial charge in [0.05, 0.1) is 19.3 Å². The van der Waals surface area contributed by atoms with E-state index in [4.69, 9.17) is 4.74 Å². The fraction of sp³-hybridized carbons (Fsp3) is 0.571. The van der Waals surface area contributed by atoms with Crippen LogP contribution in [-0.2, 0) is 11.3 Å². The molecule has 0 saturated heterocycles. The second-order valence-corrected chi connectivity index (χ2v) is 4.87. The monoisotopic (exact) mass is 422 g/mol. The minimum Gasteiger partial charge on any atom is -1.00 e. The van der Waals surface area contributed by atoms with Gasteiger partial charge in [0.1, 0.15) is 31.7 Å². The smallest absolute Gasteiger partial charge is 0.245 e. The number of ether oxygens (including phenoxy) is 1. The summed E-state index contributed by atoms with van der Waals surface area (Å²) in [4.78, 5) is 4.18. The molecular formula is C14H24Br2N4O. The molecule has 0 spiro atoms. The Bertz CT molecular complexity index is 461. The van der Waals surface area contributed by atoms with Gasteiger partial charge in [-0.1, -0.05) is 0 Å². The third-order valence-corrected chi connectivity index (χ3v) is 3.70. The van der Waals surface area contributed by atoms with Crippen LogP contribution in [0.15, 0.2) is 36.1 Å². The first-order chi connectivity index (χ1) is 9.19.